The Kier molecular flexibility index (Phi) is 2.54. The molecule has 0 N–H and O–H groups in total. The number of rotatable bonds is 3. The molecule has 78 valence electrons. The number of fused-ring (bicyclic) bond motifs is 1. The summed E-state index contributed by atoms with van der Waals surface area (Å²) in [5.74, 6) is 0.911. The molecule has 1 aromatic heterocycles. The van der Waals surface area contributed by atoms with Gasteiger partial charge in [0.25, 0.3) is 0 Å². The first kappa shape index (κ1) is 9.90. The number of oxazole rings is 1. The molecule has 0 amide bonds. The maximum absolute atomic E-state index is 10.4. The van der Waals surface area contributed by atoms with E-state index in [0.717, 1.165) is 22.9 Å². The molecule has 0 aliphatic rings. The summed E-state index contributed by atoms with van der Waals surface area (Å²) < 4.78 is 5.38. The molecule has 15 heavy (non-hydrogen) atoms. The number of benzene rings is 1. The second-order valence-corrected chi connectivity index (χ2v) is 3.76. The zero-order valence-corrected chi connectivity index (χ0v) is 8.86. The third-order valence-electron chi connectivity index (χ3n) is 2.54. The molecular weight excluding hydrogens is 190 g/mol. The standard InChI is InChI=1S/C12H13NO2/c1-8(5-6-14)10-3-4-12-11(7-10)13-9(2)15-12/h3-4,6-8H,5H2,1-2H3. The largest absolute Gasteiger partial charge is 0.441 e. The molecule has 0 spiro atoms. The Morgan fingerprint density at radius 1 is 1.53 bits per heavy atom. The number of aromatic nitrogens is 1. The van der Waals surface area contributed by atoms with Gasteiger partial charge in [0, 0.05) is 13.3 Å². The second-order valence-electron chi connectivity index (χ2n) is 3.76. The summed E-state index contributed by atoms with van der Waals surface area (Å²) in [6, 6.07) is 5.88. The summed E-state index contributed by atoms with van der Waals surface area (Å²) in [5.41, 5.74) is 2.79. The molecule has 0 saturated heterocycles. The van der Waals surface area contributed by atoms with Crippen LogP contribution in [0.5, 0.6) is 0 Å². The van der Waals surface area contributed by atoms with Crippen molar-refractivity contribution in [3.63, 3.8) is 0 Å². The number of aldehydes is 1. The van der Waals surface area contributed by atoms with Crippen LogP contribution < -0.4 is 0 Å². The summed E-state index contributed by atoms with van der Waals surface area (Å²) >= 11 is 0. The van der Waals surface area contributed by atoms with Crippen molar-refractivity contribution in [2.24, 2.45) is 0 Å². The van der Waals surface area contributed by atoms with Gasteiger partial charge in [-0.25, -0.2) is 4.98 Å². The highest BCUT2D eigenvalue weighted by Gasteiger charge is 2.08. The Labute approximate surface area is 88.1 Å². The number of hydrogen-bond acceptors (Lipinski definition) is 3. The Hall–Kier alpha value is -1.64. The Balaban J connectivity index is 2.41. The fraction of sp³-hybridized carbons (Fsp3) is 0.333. The topological polar surface area (TPSA) is 43.1 Å². The van der Waals surface area contributed by atoms with Crippen LogP contribution in [-0.4, -0.2) is 11.3 Å². The smallest absolute Gasteiger partial charge is 0.192 e. The van der Waals surface area contributed by atoms with E-state index in [9.17, 15) is 4.79 Å². The van der Waals surface area contributed by atoms with E-state index in [1.54, 1.807) is 0 Å². The van der Waals surface area contributed by atoms with Gasteiger partial charge in [0.1, 0.15) is 11.8 Å². The average molecular weight is 203 g/mol. The highest BCUT2D eigenvalue weighted by Crippen LogP contribution is 2.23. The number of hydrogen-bond donors (Lipinski definition) is 0. The zero-order chi connectivity index (χ0) is 10.8. The Morgan fingerprint density at radius 2 is 2.33 bits per heavy atom. The molecule has 1 aromatic carbocycles. The maximum Gasteiger partial charge on any atom is 0.192 e. The van der Waals surface area contributed by atoms with Gasteiger partial charge in [-0.1, -0.05) is 13.0 Å². The number of nitrogens with zero attached hydrogens (tertiary/aromatic N) is 1. The van der Waals surface area contributed by atoms with Crippen molar-refractivity contribution < 1.29 is 9.21 Å². The Morgan fingerprint density at radius 3 is 3.07 bits per heavy atom. The number of carbonyl (C=O) groups excluding carboxylic acids is 1. The first-order valence-corrected chi connectivity index (χ1v) is 5.01. The molecular formula is C12H13NO2. The van der Waals surface area contributed by atoms with Crippen molar-refractivity contribution in [1.29, 1.82) is 0 Å². The number of aryl methyl sites for hydroxylation is 1. The van der Waals surface area contributed by atoms with Crippen LogP contribution in [0.15, 0.2) is 22.6 Å². The van der Waals surface area contributed by atoms with E-state index in [0.29, 0.717) is 12.3 Å². The molecule has 1 heterocycles. The highest BCUT2D eigenvalue weighted by molar-refractivity contribution is 5.73. The highest BCUT2D eigenvalue weighted by atomic mass is 16.3. The molecule has 0 radical (unpaired) electrons. The normalized spacial score (nSPS) is 12.9. The molecule has 3 nitrogen and oxygen atoms in total. The predicted molar refractivity (Wildman–Crippen MR) is 57.8 cm³/mol. The van der Waals surface area contributed by atoms with E-state index >= 15 is 0 Å². The molecule has 0 saturated carbocycles. The SMILES string of the molecule is Cc1nc2cc(C(C)CC=O)ccc2o1. The van der Waals surface area contributed by atoms with Gasteiger partial charge in [0.15, 0.2) is 11.5 Å². The lowest BCUT2D eigenvalue weighted by molar-refractivity contribution is -0.108. The van der Waals surface area contributed by atoms with E-state index in [4.69, 9.17) is 4.42 Å². The molecule has 0 fully saturated rings. The van der Waals surface area contributed by atoms with Gasteiger partial charge < -0.3 is 9.21 Å². The Bertz CT molecular complexity index is 487. The second kappa shape index (κ2) is 3.85. The van der Waals surface area contributed by atoms with Crippen LogP contribution in [0.1, 0.15) is 30.7 Å². The van der Waals surface area contributed by atoms with Crippen LogP contribution in [0.2, 0.25) is 0 Å². The lowest BCUT2D eigenvalue weighted by atomic mass is 9.98. The van der Waals surface area contributed by atoms with E-state index in [-0.39, 0.29) is 5.92 Å². The van der Waals surface area contributed by atoms with Gasteiger partial charge >= 0.3 is 0 Å². The third kappa shape index (κ3) is 1.91. The minimum absolute atomic E-state index is 0.240. The minimum Gasteiger partial charge on any atom is -0.441 e. The summed E-state index contributed by atoms with van der Waals surface area (Å²) in [6.45, 7) is 3.86. The first-order valence-electron chi connectivity index (χ1n) is 5.01. The van der Waals surface area contributed by atoms with Crippen molar-refractivity contribution in [3.05, 3.63) is 29.7 Å². The molecule has 2 aromatic rings. The molecule has 0 aliphatic heterocycles. The third-order valence-corrected chi connectivity index (χ3v) is 2.54. The summed E-state index contributed by atoms with van der Waals surface area (Å²) in [6.07, 6.45) is 1.49. The molecule has 0 bridgehead atoms. The van der Waals surface area contributed by atoms with Gasteiger partial charge in [-0.15, -0.1) is 0 Å². The zero-order valence-electron chi connectivity index (χ0n) is 8.86. The van der Waals surface area contributed by atoms with Crippen molar-refractivity contribution >= 4 is 17.4 Å². The lowest BCUT2D eigenvalue weighted by Crippen LogP contribution is -1.93. The van der Waals surface area contributed by atoms with Crippen LogP contribution in [0.3, 0.4) is 0 Å². The van der Waals surface area contributed by atoms with Crippen LogP contribution in [-0.2, 0) is 4.79 Å². The molecule has 1 atom stereocenters. The molecule has 2 rings (SSSR count). The van der Waals surface area contributed by atoms with Gasteiger partial charge in [-0.2, -0.15) is 0 Å². The van der Waals surface area contributed by atoms with E-state index in [1.165, 1.54) is 0 Å². The average Bonchev–Trinajstić information content (AvgIpc) is 2.57. The van der Waals surface area contributed by atoms with Gasteiger partial charge in [0.2, 0.25) is 0 Å². The van der Waals surface area contributed by atoms with Gasteiger partial charge in [-0.05, 0) is 23.6 Å². The monoisotopic (exact) mass is 203 g/mol. The van der Waals surface area contributed by atoms with Crippen LogP contribution >= 0.6 is 0 Å². The van der Waals surface area contributed by atoms with E-state index in [1.807, 2.05) is 32.0 Å². The van der Waals surface area contributed by atoms with Crippen molar-refractivity contribution in [1.82, 2.24) is 4.98 Å². The van der Waals surface area contributed by atoms with Crippen LogP contribution in [0.4, 0.5) is 0 Å². The first-order chi connectivity index (χ1) is 7.20. The quantitative estimate of drug-likeness (QED) is 0.720. The van der Waals surface area contributed by atoms with Crippen molar-refractivity contribution in [2.45, 2.75) is 26.2 Å². The maximum atomic E-state index is 10.4. The molecule has 3 heteroatoms. The van der Waals surface area contributed by atoms with Gasteiger partial charge in [0.05, 0.1) is 0 Å². The van der Waals surface area contributed by atoms with E-state index < -0.39 is 0 Å². The molecule has 0 aliphatic carbocycles. The fourth-order valence-electron chi connectivity index (χ4n) is 1.65. The van der Waals surface area contributed by atoms with Crippen LogP contribution in [0, 0.1) is 6.92 Å². The van der Waals surface area contributed by atoms with Crippen molar-refractivity contribution in [2.75, 3.05) is 0 Å². The number of carbonyl (C=O) groups is 1. The minimum atomic E-state index is 0.240. The molecule has 1 unspecified atom stereocenters. The van der Waals surface area contributed by atoms with Gasteiger partial charge in [-0.3, -0.25) is 0 Å². The summed E-state index contributed by atoms with van der Waals surface area (Å²) in [7, 11) is 0. The van der Waals surface area contributed by atoms with Crippen molar-refractivity contribution in [3.8, 4) is 0 Å². The summed E-state index contributed by atoms with van der Waals surface area (Å²) in [4.78, 5) is 14.7. The lowest BCUT2D eigenvalue weighted by Gasteiger charge is -2.06. The predicted octanol–water partition coefficient (Wildman–Crippen LogP) is 2.83. The van der Waals surface area contributed by atoms with Crippen LogP contribution in [0.25, 0.3) is 11.1 Å². The fourth-order valence-corrected chi connectivity index (χ4v) is 1.65. The van der Waals surface area contributed by atoms with E-state index in [2.05, 4.69) is 4.98 Å². The summed E-state index contributed by atoms with van der Waals surface area (Å²) in [5, 5.41) is 0.